The zero-order valence-corrected chi connectivity index (χ0v) is 16.5. The Kier molecular flexibility index (Phi) is 6.13. The summed E-state index contributed by atoms with van der Waals surface area (Å²) in [5, 5.41) is 12.6. The van der Waals surface area contributed by atoms with E-state index in [4.69, 9.17) is 16.3 Å². The highest BCUT2D eigenvalue weighted by Crippen LogP contribution is 2.29. The standard InChI is InChI=1S/C18H16ClN3O2S2/c1-11(25-15-9-5-13(19)6-10-15)16(23)20-18-22-21-17(26-18)12-3-7-14(24-2)8-4-12/h3-11H,1-2H3,(H,20,22,23)/t11-/m1/s1. The smallest absolute Gasteiger partial charge is 0.239 e. The van der Waals surface area contributed by atoms with Gasteiger partial charge in [0.2, 0.25) is 11.0 Å². The van der Waals surface area contributed by atoms with E-state index in [1.807, 2.05) is 43.3 Å². The van der Waals surface area contributed by atoms with Gasteiger partial charge in [-0.3, -0.25) is 10.1 Å². The minimum atomic E-state index is -0.274. The molecule has 0 aliphatic rings. The number of halogens is 1. The van der Waals surface area contributed by atoms with Crippen LogP contribution in [0.4, 0.5) is 5.13 Å². The summed E-state index contributed by atoms with van der Waals surface area (Å²) in [6.45, 7) is 1.85. The van der Waals surface area contributed by atoms with Gasteiger partial charge in [0, 0.05) is 15.5 Å². The number of carbonyl (C=O) groups excluding carboxylic acids is 1. The molecule has 0 fully saturated rings. The van der Waals surface area contributed by atoms with Crippen molar-refractivity contribution in [1.29, 1.82) is 0 Å². The average Bonchev–Trinajstić information content (AvgIpc) is 3.12. The Morgan fingerprint density at radius 3 is 2.50 bits per heavy atom. The molecule has 3 aromatic rings. The molecule has 5 nitrogen and oxygen atoms in total. The highest BCUT2D eigenvalue weighted by Gasteiger charge is 2.17. The van der Waals surface area contributed by atoms with Crippen molar-refractivity contribution in [3.8, 4) is 16.3 Å². The maximum Gasteiger partial charge on any atom is 0.239 e. The molecule has 0 unspecified atom stereocenters. The molecular formula is C18H16ClN3O2S2. The van der Waals surface area contributed by atoms with Crippen LogP contribution in [-0.4, -0.2) is 28.5 Å². The van der Waals surface area contributed by atoms with Crippen LogP contribution in [0.1, 0.15) is 6.92 Å². The lowest BCUT2D eigenvalue weighted by atomic mass is 10.2. The Hall–Kier alpha value is -2.09. The summed E-state index contributed by atoms with van der Waals surface area (Å²) >= 11 is 8.67. The second-order valence-corrected chi connectivity index (χ2v) is 8.17. The number of carbonyl (C=O) groups is 1. The van der Waals surface area contributed by atoms with Gasteiger partial charge in [-0.05, 0) is 55.5 Å². The lowest BCUT2D eigenvalue weighted by Crippen LogP contribution is -2.22. The maximum atomic E-state index is 12.4. The van der Waals surface area contributed by atoms with Crippen LogP contribution in [-0.2, 0) is 4.79 Å². The lowest BCUT2D eigenvalue weighted by molar-refractivity contribution is -0.115. The van der Waals surface area contributed by atoms with E-state index in [9.17, 15) is 4.79 Å². The molecule has 0 saturated carbocycles. The largest absolute Gasteiger partial charge is 0.497 e. The molecule has 1 N–H and O–H groups in total. The minimum Gasteiger partial charge on any atom is -0.497 e. The van der Waals surface area contributed by atoms with Gasteiger partial charge in [0.05, 0.1) is 12.4 Å². The number of nitrogens with one attached hydrogen (secondary N) is 1. The Morgan fingerprint density at radius 1 is 1.15 bits per heavy atom. The molecule has 0 bridgehead atoms. The van der Waals surface area contributed by atoms with Gasteiger partial charge >= 0.3 is 0 Å². The molecule has 1 aromatic heterocycles. The van der Waals surface area contributed by atoms with Gasteiger partial charge in [-0.25, -0.2) is 0 Å². The third kappa shape index (κ3) is 4.75. The van der Waals surface area contributed by atoms with E-state index in [-0.39, 0.29) is 11.2 Å². The number of rotatable bonds is 6. The SMILES string of the molecule is COc1ccc(-c2nnc(NC(=O)[C@@H](C)Sc3ccc(Cl)cc3)s2)cc1. The lowest BCUT2D eigenvalue weighted by Gasteiger charge is -2.10. The topological polar surface area (TPSA) is 64.1 Å². The van der Waals surface area contributed by atoms with Crippen molar-refractivity contribution in [2.24, 2.45) is 0 Å². The summed E-state index contributed by atoms with van der Waals surface area (Å²) in [5.41, 5.74) is 0.924. The first kappa shape index (κ1) is 18.7. The van der Waals surface area contributed by atoms with Gasteiger partial charge in [-0.2, -0.15) is 0 Å². The fourth-order valence-corrected chi connectivity index (χ4v) is 3.85. The number of ether oxygens (including phenoxy) is 1. The predicted molar refractivity (Wildman–Crippen MR) is 107 cm³/mol. The van der Waals surface area contributed by atoms with Crippen LogP contribution in [0.15, 0.2) is 53.4 Å². The van der Waals surface area contributed by atoms with Crippen LogP contribution in [0.25, 0.3) is 10.6 Å². The molecule has 3 rings (SSSR count). The number of nitrogens with zero attached hydrogens (tertiary/aromatic N) is 2. The van der Waals surface area contributed by atoms with Gasteiger partial charge < -0.3 is 4.74 Å². The van der Waals surface area contributed by atoms with Crippen LogP contribution in [0, 0.1) is 0 Å². The minimum absolute atomic E-state index is 0.123. The van der Waals surface area contributed by atoms with Crippen molar-refractivity contribution < 1.29 is 9.53 Å². The number of thioether (sulfide) groups is 1. The normalized spacial score (nSPS) is 11.8. The van der Waals surface area contributed by atoms with E-state index in [1.54, 1.807) is 19.2 Å². The van der Waals surface area contributed by atoms with Crippen molar-refractivity contribution >= 4 is 45.7 Å². The number of benzene rings is 2. The third-order valence-corrected chi connectivity index (χ3v) is 5.74. The second-order valence-electron chi connectivity index (χ2n) is 5.34. The van der Waals surface area contributed by atoms with E-state index >= 15 is 0 Å². The first-order valence-electron chi connectivity index (χ1n) is 7.76. The van der Waals surface area contributed by atoms with Crippen LogP contribution in [0.2, 0.25) is 5.02 Å². The van der Waals surface area contributed by atoms with Gasteiger partial charge in [0.15, 0.2) is 0 Å². The summed E-state index contributed by atoms with van der Waals surface area (Å²) < 4.78 is 5.15. The Bertz CT molecular complexity index is 882. The third-order valence-electron chi connectivity index (χ3n) is 3.49. The molecule has 1 heterocycles. The quantitative estimate of drug-likeness (QED) is 0.585. The summed E-state index contributed by atoms with van der Waals surface area (Å²) in [6, 6.07) is 14.9. The van der Waals surface area contributed by atoms with Crippen LogP contribution in [0.5, 0.6) is 5.75 Å². The molecular weight excluding hydrogens is 390 g/mol. The molecule has 0 radical (unpaired) electrons. The number of methoxy groups -OCH3 is 1. The first-order valence-corrected chi connectivity index (χ1v) is 9.83. The predicted octanol–water partition coefficient (Wildman–Crippen LogP) is 4.99. The number of anilines is 1. The molecule has 0 spiro atoms. The van der Waals surface area contributed by atoms with Crippen molar-refractivity contribution in [3.63, 3.8) is 0 Å². The number of hydrogen-bond donors (Lipinski definition) is 1. The van der Waals surface area contributed by atoms with E-state index in [2.05, 4.69) is 15.5 Å². The Labute approximate surface area is 164 Å². The van der Waals surface area contributed by atoms with Gasteiger partial charge in [0.25, 0.3) is 0 Å². The summed E-state index contributed by atoms with van der Waals surface area (Å²) in [4.78, 5) is 13.4. The van der Waals surface area contributed by atoms with Crippen LogP contribution >= 0.6 is 34.7 Å². The Balaban J connectivity index is 1.62. The molecule has 0 saturated heterocycles. The van der Waals surface area contributed by atoms with E-state index in [1.165, 1.54) is 23.1 Å². The Morgan fingerprint density at radius 2 is 1.85 bits per heavy atom. The molecule has 1 amide bonds. The molecule has 1 atom stereocenters. The summed E-state index contributed by atoms with van der Waals surface area (Å²) in [6.07, 6.45) is 0. The van der Waals surface area contributed by atoms with Crippen molar-refractivity contribution in [3.05, 3.63) is 53.6 Å². The second kappa shape index (κ2) is 8.53. The molecule has 0 aliphatic carbocycles. The molecule has 0 aliphatic heterocycles. The highest BCUT2D eigenvalue weighted by atomic mass is 35.5. The van der Waals surface area contributed by atoms with Crippen molar-refractivity contribution in [2.75, 3.05) is 12.4 Å². The molecule has 134 valence electrons. The number of amides is 1. The van der Waals surface area contributed by atoms with E-state index in [0.29, 0.717) is 10.2 Å². The summed E-state index contributed by atoms with van der Waals surface area (Å²) in [5.74, 6) is 0.655. The molecule has 8 heteroatoms. The average molecular weight is 406 g/mol. The van der Waals surface area contributed by atoms with Crippen LogP contribution in [0.3, 0.4) is 0 Å². The zero-order chi connectivity index (χ0) is 18.5. The maximum absolute atomic E-state index is 12.4. The van der Waals surface area contributed by atoms with Gasteiger partial charge in [0.1, 0.15) is 10.8 Å². The highest BCUT2D eigenvalue weighted by molar-refractivity contribution is 8.00. The molecule has 26 heavy (non-hydrogen) atoms. The summed E-state index contributed by atoms with van der Waals surface area (Å²) in [7, 11) is 1.62. The van der Waals surface area contributed by atoms with Crippen LogP contribution < -0.4 is 10.1 Å². The van der Waals surface area contributed by atoms with Gasteiger partial charge in [-0.15, -0.1) is 22.0 Å². The fourth-order valence-electron chi connectivity index (χ4n) is 2.10. The van der Waals surface area contributed by atoms with E-state index < -0.39 is 0 Å². The van der Waals surface area contributed by atoms with Crippen molar-refractivity contribution in [1.82, 2.24) is 10.2 Å². The van der Waals surface area contributed by atoms with E-state index in [0.717, 1.165) is 21.2 Å². The molecule has 2 aromatic carbocycles. The number of aromatic nitrogens is 2. The first-order chi connectivity index (χ1) is 12.5. The van der Waals surface area contributed by atoms with Gasteiger partial charge in [-0.1, -0.05) is 22.9 Å². The fraction of sp³-hybridized carbons (Fsp3) is 0.167. The zero-order valence-electron chi connectivity index (χ0n) is 14.1. The monoisotopic (exact) mass is 405 g/mol. The number of hydrogen-bond acceptors (Lipinski definition) is 6. The van der Waals surface area contributed by atoms with Crippen molar-refractivity contribution in [2.45, 2.75) is 17.1 Å².